The van der Waals surface area contributed by atoms with E-state index in [0.29, 0.717) is 19.2 Å². The van der Waals surface area contributed by atoms with Gasteiger partial charge in [0.2, 0.25) is 11.7 Å². The Bertz CT molecular complexity index is 398. The van der Waals surface area contributed by atoms with E-state index in [9.17, 15) is 14.4 Å². The molecule has 0 spiro atoms. The van der Waals surface area contributed by atoms with Crippen LogP contribution in [0.3, 0.4) is 0 Å². The third-order valence-corrected chi connectivity index (χ3v) is 2.49. The predicted octanol–water partition coefficient (Wildman–Crippen LogP) is -1.01. The van der Waals surface area contributed by atoms with Crippen LogP contribution in [-0.2, 0) is 19.1 Å². The number of aliphatic carboxylic acids is 1. The molecule has 2 N–H and O–H groups in total. The molecule has 0 bridgehead atoms. The lowest BCUT2D eigenvalue weighted by Gasteiger charge is -2.26. The molecular formula is C10H13N3O5. The van der Waals surface area contributed by atoms with E-state index < -0.39 is 29.8 Å². The van der Waals surface area contributed by atoms with E-state index in [1.165, 1.54) is 0 Å². The average molecular weight is 255 g/mol. The van der Waals surface area contributed by atoms with Gasteiger partial charge in [0.15, 0.2) is 0 Å². The van der Waals surface area contributed by atoms with Gasteiger partial charge in [0.1, 0.15) is 12.1 Å². The van der Waals surface area contributed by atoms with Crippen LogP contribution in [0.1, 0.15) is 19.3 Å². The zero-order chi connectivity index (χ0) is 13.5. The molecule has 18 heavy (non-hydrogen) atoms. The molecule has 0 saturated carbocycles. The summed E-state index contributed by atoms with van der Waals surface area (Å²) in [6.45, 7) is 0.487. The van der Waals surface area contributed by atoms with Gasteiger partial charge in [0, 0.05) is 12.8 Å². The van der Waals surface area contributed by atoms with E-state index in [2.05, 4.69) is 10.1 Å². The Hall–Kier alpha value is -2.05. The van der Waals surface area contributed by atoms with Crippen molar-refractivity contribution in [1.82, 2.24) is 5.32 Å². The monoisotopic (exact) mass is 255 g/mol. The van der Waals surface area contributed by atoms with Gasteiger partial charge < -0.3 is 20.7 Å². The molecule has 0 aromatic carbocycles. The largest absolute Gasteiger partial charge is 0.480 e. The summed E-state index contributed by atoms with van der Waals surface area (Å²) >= 11 is 0. The standard InChI is InChI=1S/C10H13N3O5/c11-12-5-6(14)1-2-7(10(16)17)13-9(15)8-3-4-18-8/h5,7-8H,1-4H2,(H,13,15)(H,16,17)/t7-,8-/m0/s1. The van der Waals surface area contributed by atoms with Crippen LogP contribution in [0.15, 0.2) is 0 Å². The van der Waals surface area contributed by atoms with Crippen molar-refractivity contribution in [3.8, 4) is 0 Å². The van der Waals surface area contributed by atoms with Gasteiger partial charge in [-0.25, -0.2) is 4.79 Å². The molecule has 1 aliphatic heterocycles. The molecule has 1 heterocycles. The number of nitrogens with one attached hydrogen (secondary N) is 1. The Kier molecular flexibility index (Phi) is 5.16. The first-order chi connectivity index (χ1) is 8.54. The molecule has 1 aliphatic rings. The van der Waals surface area contributed by atoms with Gasteiger partial charge in [-0.15, -0.1) is 0 Å². The van der Waals surface area contributed by atoms with Crippen LogP contribution >= 0.6 is 0 Å². The summed E-state index contributed by atoms with van der Waals surface area (Å²) in [6.07, 6.45) is 0.455. The summed E-state index contributed by atoms with van der Waals surface area (Å²) in [5.74, 6) is -2.23. The van der Waals surface area contributed by atoms with Crippen molar-refractivity contribution >= 4 is 23.9 Å². The maximum Gasteiger partial charge on any atom is 0.326 e. The fourth-order valence-corrected chi connectivity index (χ4v) is 1.38. The van der Waals surface area contributed by atoms with Gasteiger partial charge >= 0.3 is 12.2 Å². The minimum absolute atomic E-state index is 0.0708. The van der Waals surface area contributed by atoms with Crippen molar-refractivity contribution < 1.29 is 29.0 Å². The van der Waals surface area contributed by atoms with Crippen LogP contribution in [-0.4, -0.2) is 52.5 Å². The second-order valence-electron chi connectivity index (χ2n) is 3.80. The maximum absolute atomic E-state index is 11.5. The zero-order valence-corrected chi connectivity index (χ0v) is 9.54. The first kappa shape index (κ1) is 14.0. The topological polar surface area (TPSA) is 129 Å². The smallest absolute Gasteiger partial charge is 0.326 e. The Balaban J connectivity index is 2.44. The number of carboxylic acid groups (broad SMARTS) is 1. The van der Waals surface area contributed by atoms with E-state index >= 15 is 0 Å². The molecule has 1 fully saturated rings. The highest BCUT2D eigenvalue weighted by Crippen LogP contribution is 2.11. The zero-order valence-electron chi connectivity index (χ0n) is 9.54. The van der Waals surface area contributed by atoms with E-state index in [4.69, 9.17) is 15.4 Å². The van der Waals surface area contributed by atoms with Crippen molar-refractivity contribution in [3.05, 3.63) is 5.53 Å². The van der Waals surface area contributed by atoms with Gasteiger partial charge in [-0.1, -0.05) is 0 Å². The molecule has 1 saturated heterocycles. The SMILES string of the molecule is [N-]=[N+]=CC(=O)CC[C@H](NC(=O)[C@@H]1CCO1)C(=O)O. The summed E-state index contributed by atoms with van der Waals surface area (Å²) in [4.78, 5) is 35.9. The number of nitrogens with zero attached hydrogens (tertiary/aromatic N) is 2. The van der Waals surface area contributed by atoms with Crippen molar-refractivity contribution in [2.45, 2.75) is 31.4 Å². The molecule has 0 radical (unpaired) electrons. The van der Waals surface area contributed by atoms with Crippen molar-refractivity contribution in [2.24, 2.45) is 0 Å². The first-order valence-electron chi connectivity index (χ1n) is 5.39. The number of amides is 1. The summed E-state index contributed by atoms with van der Waals surface area (Å²) < 4.78 is 4.91. The molecule has 0 aromatic heterocycles. The minimum atomic E-state index is -1.23. The second kappa shape index (κ2) is 6.63. The first-order valence-corrected chi connectivity index (χ1v) is 5.39. The molecular weight excluding hydrogens is 242 g/mol. The summed E-state index contributed by atoms with van der Waals surface area (Å²) in [5.41, 5.74) is 8.11. The molecule has 1 amide bonds. The van der Waals surface area contributed by atoms with Crippen molar-refractivity contribution in [2.75, 3.05) is 6.61 Å². The fourth-order valence-electron chi connectivity index (χ4n) is 1.38. The molecule has 8 heteroatoms. The van der Waals surface area contributed by atoms with Gasteiger partial charge in [-0.05, 0) is 6.42 Å². The van der Waals surface area contributed by atoms with E-state index in [0.717, 1.165) is 0 Å². The van der Waals surface area contributed by atoms with Crippen LogP contribution in [0.25, 0.3) is 5.53 Å². The highest BCUT2D eigenvalue weighted by Gasteiger charge is 2.30. The Morgan fingerprint density at radius 3 is 2.67 bits per heavy atom. The van der Waals surface area contributed by atoms with Crippen molar-refractivity contribution in [1.29, 1.82) is 0 Å². The quantitative estimate of drug-likeness (QED) is 0.342. The number of carbonyl (C=O) groups is 3. The van der Waals surface area contributed by atoms with E-state index in [-0.39, 0.29) is 12.8 Å². The van der Waals surface area contributed by atoms with Gasteiger partial charge in [-0.2, -0.15) is 4.79 Å². The van der Waals surface area contributed by atoms with Gasteiger partial charge in [0.25, 0.3) is 0 Å². The summed E-state index contributed by atoms with van der Waals surface area (Å²) in [7, 11) is 0. The number of rotatable bonds is 7. The minimum Gasteiger partial charge on any atom is -0.480 e. The molecule has 0 unspecified atom stereocenters. The Morgan fingerprint density at radius 1 is 1.56 bits per heavy atom. The fraction of sp³-hybridized carbons (Fsp3) is 0.600. The third-order valence-electron chi connectivity index (χ3n) is 2.49. The number of ketones is 1. The van der Waals surface area contributed by atoms with Crippen LogP contribution in [0, 0.1) is 0 Å². The number of carbonyl (C=O) groups excluding carboxylic acids is 2. The molecule has 1 rings (SSSR count). The van der Waals surface area contributed by atoms with E-state index in [1.54, 1.807) is 0 Å². The predicted molar refractivity (Wildman–Crippen MR) is 57.8 cm³/mol. The number of hydrogen-bond acceptors (Lipinski definition) is 4. The van der Waals surface area contributed by atoms with Gasteiger partial charge in [0.05, 0.1) is 6.61 Å². The Labute approximate surface area is 103 Å². The number of Topliss-reactive ketones (excluding diaryl/α,β-unsaturated/α-hetero) is 1. The van der Waals surface area contributed by atoms with Gasteiger partial charge in [-0.3, -0.25) is 9.59 Å². The van der Waals surface area contributed by atoms with Crippen LogP contribution in [0.5, 0.6) is 0 Å². The normalized spacial score (nSPS) is 19.0. The summed E-state index contributed by atoms with van der Waals surface area (Å²) in [5, 5.41) is 11.2. The van der Waals surface area contributed by atoms with Crippen LogP contribution in [0.4, 0.5) is 0 Å². The molecule has 0 aliphatic carbocycles. The second-order valence-corrected chi connectivity index (χ2v) is 3.80. The highest BCUT2D eigenvalue weighted by molar-refractivity contribution is 6.25. The molecule has 0 aromatic rings. The molecule has 2 atom stereocenters. The van der Waals surface area contributed by atoms with E-state index in [1.807, 2.05) is 0 Å². The average Bonchev–Trinajstić information content (AvgIpc) is 2.21. The highest BCUT2D eigenvalue weighted by atomic mass is 16.5. The maximum atomic E-state index is 11.5. The number of carboxylic acids is 1. The lowest BCUT2D eigenvalue weighted by Crippen LogP contribution is -2.49. The lowest BCUT2D eigenvalue weighted by atomic mass is 10.1. The van der Waals surface area contributed by atoms with Crippen LogP contribution < -0.4 is 5.32 Å². The van der Waals surface area contributed by atoms with Crippen LogP contribution in [0.2, 0.25) is 0 Å². The summed E-state index contributed by atoms with van der Waals surface area (Å²) in [6, 6.07) is -1.15. The number of ether oxygens (including phenoxy) is 1. The lowest BCUT2D eigenvalue weighted by molar-refractivity contribution is -0.150. The third kappa shape index (κ3) is 4.08. The number of hydrogen-bond donors (Lipinski definition) is 2. The molecule has 98 valence electrons. The molecule has 8 nitrogen and oxygen atoms in total. The van der Waals surface area contributed by atoms with Crippen molar-refractivity contribution in [3.63, 3.8) is 0 Å². The Morgan fingerprint density at radius 2 is 2.22 bits per heavy atom.